The standard InChI is InChI=1S/C10H13IO3/c11-8-4-1-2-5-7(6(4)3-12)10(13)14-9(5)8/h4-9,12H,1-3H2/t4-,5-,6+,7+,8+,9+/m0/s1. The van der Waals surface area contributed by atoms with E-state index in [0.29, 0.717) is 15.8 Å². The molecule has 1 aliphatic heterocycles. The molecule has 1 N–H and O–H groups in total. The van der Waals surface area contributed by atoms with Gasteiger partial charge in [-0.3, -0.25) is 4.79 Å². The number of aliphatic hydroxyl groups is 1. The lowest BCUT2D eigenvalue weighted by molar-refractivity contribution is -0.144. The summed E-state index contributed by atoms with van der Waals surface area (Å²) in [5, 5.41) is 9.36. The van der Waals surface area contributed by atoms with Crippen molar-refractivity contribution in [3.05, 3.63) is 0 Å². The Morgan fingerprint density at radius 3 is 2.86 bits per heavy atom. The third-order valence-electron chi connectivity index (χ3n) is 4.19. The van der Waals surface area contributed by atoms with Crippen molar-refractivity contribution in [1.29, 1.82) is 0 Å². The van der Waals surface area contributed by atoms with Gasteiger partial charge < -0.3 is 9.84 Å². The van der Waals surface area contributed by atoms with Gasteiger partial charge in [-0.2, -0.15) is 0 Å². The molecule has 0 aromatic heterocycles. The average Bonchev–Trinajstić information content (AvgIpc) is 2.50. The smallest absolute Gasteiger partial charge is 0.310 e. The number of carbonyl (C=O) groups is 1. The largest absolute Gasteiger partial charge is 0.461 e. The summed E-state index contributed by atoms with van der Waals surface area (Å²) < 4.78 is 5.83. The Morgan fingerprint density at radius 1 is 1.43 bits per heavy atom. The number of rotatable bonds is 1. The predicted octanol–water partition coefficient (Wildman–Crippen LogP) is 0.980. The topological polar surface area (TPSA) is 46.5 Å². The maximum absolute atomic E-state index is 11.6. The second-order valence-electron chi connectivity index (χ2n) is 4.62. The lowest BCUT2D eigenvalue weighted by Gasteiger charge is -2.47. The van der Waals surface area contributed by atoms with E-state index < -0.39 is 0 Å². The van der Waals surface area contributed by atoms with Crippen molar-refractivity contribution in [3.63, 3.8) is 0 Å². The molecule has 1 heterocycles. The number of fused-ring (bicyclic) bond motifs is 1. The first-order chi connectivity index (χ1) is 6.74. The summed E-state index contributed by atoms with van der Waals surface area (Å²) in [6, 6.07) is 0. The Morgan fingerprint density at radius 2 is 2.14 bits per heavy atom. The molecule has 0 aromatic rings. The van der Waals surface area contributed by atoms with Crippen LogP contribution in [0.2, 0.25) is 0 Å². The number of halogens is 1. The number of esters is 1. The number of aliphatic hydroxyl groups excluding tert-OH is 1. The summed E-state index contributed by atoms with van der Waals surface area (Å²) in [7, 11) is 0. The van der Waals surface area contributed by atoms with E-state index in [1.54, 1.807) is 0 Å². The van der Waals surface area contributed by atoms with Crippen LogP contribution in [-0.4, -0.2) is 27.7 Å². The van der Waals surface area contributed by atoms with E-state index in [1.165, 1.54) is 0 Å². The number of carbonyl (C=O) groups excluding carboxylic acids is 1. The van der Waals surface area contributed by atoms with Gasteiger partial charge in [-0.15, -0.1) is 0 Å². The molecule has 14 heavy (non-hydrogen) atoms. The minimum Gasteiger partial charge on any atom is -0.461 e. The summed E-state index contributed by atoms with van der Waals surface area (Å²) in [5.41, 5.74) is 0. The van der Waals surface area contributed by atoms with Crippen LogP contribution < -0.4 is 0 Å². The van der Waals surface area contributed by atoms with Gasteiger partial charge >= 0.3 is 5.97 Å². The van der Waals surface area contributed by atoms with Gasteiger partial charge in [-0.25, -0.2) is 0 Å². The third kappa shape index (κ3) is 0.988. The first-order valence-corrected chi connectivity index (χ1v) is 6.44. The quantitative estimate of drug-likeness (QED) is 0.446. The summed E-state index contributed by atoms with van der Waals surface area (Å²) in [4.78, 5) is 11.6. The van der Waals surface area contributed by atoms with Crippen LogP contribution in [-0.2, 0) is 9.53 Å². The van der Waals surface area contributed by atoms with E-state index in [2.05, 4.69) is 22.6 Å². The molecule has 0 aromatic carbocycles. The van der Waals surface area contributed by atoms with Gasteiger partial charge in [0.15, 0.2) is 0 Å². The van der Waals surface area contributed by atoms with E-state index in [1.807, 2.05) is 0 Å². The monoisotopic (exact) mass is 308 g/mol. The summed E-state index contributed by atoms with van der Waals surface area (Å²) in [6.07, 6.45) is 2.42. The Labute approximate surface area is 96.3 Å². The fraction of sp³-hybridized carbons (Fsp3) is 0.900. The molecule has 6 atom stereocenters. The first-order valence-electron chi connectivity index (χ1n) is 5.19. The summed E-state index contributed by atoms with van der Waals surface area (Å²) in [5.74, 6) is 1.01. The normalized spacial score (nSPS) is 54.9. The van der Waals surface area contributed by atoms with Gasteiger partial charge in [-0.05, 0) is 24.7 Å². The Kier molecular flexibility index (Phi) is 2.06. The van der Waals surface area contributed by atoms with Crippen molar-refractivity contribution < 1.29 is 14.6 Å². The van der Waals surface area contributed by atoms with Crippen LogP contribution in [0.4, 0.5) is 0 Å². The van der Waals surface area contributed by atoms with Crippen molar-refractivity contribution in [2.24, 2.45) is 23.7 Å². The van der Waals surface area contributed by atoms with E-state index in [0.717, 1.165) is 12.8 Å². The van der Waals surface area contributed by atoms with Crippen LogP contribution in [0.1, 0.15) is 12.8 Å². The van der Waals surface area contributed by atoms with Crippen LogP contribution in [0.25, 0.3) is 0 Å². The highest BCUT2D eigenvalue weighted by molar-refractivity contribution is 14.1. The van der Waals surface area contributed by atoms with E-state index in [-0.39, 0.29) is 30.5 Å². The minimum absolute atomic E-state index is 0.00904. The van der Waals surface area contributed by atoms with Crippen molar-refractivity contribution in [1.82, 2.24) is 0 Å². The zero-order valence-electron chi connectivity index (χ0n) is 7.73. The molecule has 4 rings (SSSR count). The maximum Gasteiger partial charge on any atom is 0.310 e. The molecule has 3 saturated carbocycles. The second kappa shape index (κ2) is 3.07. The molecule has 4 heteroatoms. The van der Waals surface area contributed by atoms with Gasteiger partial charge in [0, 0.05) is 12.5 Å². The zero-order chi connectivity index (χ0) is 9.87. The van der Waals surface area contributed by atoms with Crippen molar-refractivity contribution in [3.8, 4) is 0 Å². The molecular formula is C10H13IO3. The fourth-order valence-electron chi connectivity index (χ4n) is 3.57. The molecule has 0 unspecified atom stereocenters. The number of alkyl halides is 1. The van der Waals surface area contributed by atoms with Gasteiger partial charge in [-0.1, -0.05) is 22.6 Å². The highest BCUT2D eigenvalue weighted by Crippen LogP contribution is 2.56. The minimum atomic E-state index is -0.0529. The molecule has 0 radical (unpaired) electrons. The van der Waals surface area contributed by atoms with Crippen LogP contribution in [0, 0.1) is 23.7 Å². The molecule has 4 bridgehead atoms. The van der Waals surface area contributed by atoms with Crippen molar-refractivity contribution in [2.75, 3.05) is 6.61 Å². The van der Waals surface area contributed by atoms with Crippen molar-refractivity contribution in [2.45, 2.75) is 22.9 Å². The molecule has 4 fully saturated rings. The van der Waals surface area contributed by atoms with Crippen LogP contribution >= 0.6 is 22.6 Å². The summed E-state index contributed by atoms with van der Waals surface area (Å²) in [6.45, 7) is 0.146. The molecule has 1 saturated heterocycles. The fourth-order valence-corrected chi connectivity index (χ4v) is 5.14. The van der Waals surface area contributed by atoms with Crippen LogP contribution in [0.5, 0.6) is 0 Å². The summed E-state index contributed by atoms with van der Waals surface area (Å²) >= 11 is 2.40. The molecule has 0 amide bonds. The number of hydrogen-bond donors (Lipinski definition) is 1. The highest BCUT2D eigenvalue weighted by atomic mass is 127. The van der Waals surface area contributed by atoms with E-state index >= 15 is 0 Å². The zero-order valence-corrected chi connectivity index (χ0v) is 9.88. The molecule has 3 aliphatic carbocycles. The third-order valence-corrected chi connectivity index (χ3v) is 5.82. The van der Waals surface area contributed by atoms with Gasteiger partial charge in [0.2, 0.25) is 0 Å². The molecule has 78 valence electrons. The Balaban J connectivity index is 2.01. The van der Waals surface area contributed by atoms with Gasteiger partial charge in [0.25, 0.3) is 0 Å². The van der Waals surface area contributed by atoms with E-state index in [4.69, 9.17) is 4.74 Å². The average molecular weight is 308 g/mol. The maximum atomic E-state index is 11.6. The van der Waals surface area contributed by atoms with Gasteiger partial charge in [0.1, 0.15) is 6.10 Å². The number of ether oxygens (including phenoxy) is 1. The first kappa shape index (κ1) is 9.39. The molecule has 0 spiro atoms. The lowest BCUT2D eigenvalue weighted by Crippen LogP contribution is -2.51. The second-order valence-corrected chi connectivity index (χ2v) is 6.06. The SMILES string of the molecule is O=C1O[C@H]2[C@H](I)[C@H]3CC[C@H]2[C@@H]1[C@@H]3CO. The van der Waals surface area contributed by atoms with Crippen LogP contribution in [0.15, 0.2) is 0 Å². The lowest BCUT2D eigenvalue weighted by atomic mass is 9.59. The van der Waals surface area contributed by atoms with Crippen molar-refractivity contribution >= 4 is 28.6 Å². The molecule has 4 aliphatic rings. The molecular weight excluding hydrogens is 295 g/mol. The molecule has 3 nitrogen and oxygen atoms in total. The highest BCUT2D eigenvalue weighted by Gasteiger charge is 2.61. The van der Waals surface area contributed by atoms with Gasteiger partial charge in [0.05, 0.1) is 9.84 Å². The van der Waals surface area contributed by atoms with E-state index in [9.17, 15) is 9.90 Å². The van der Waals surface area contributed by atoms with Crippen LogP contribution in [0.3, 0.4) is 0 Å². The Bertz CT molecular complexity index is 281. The predicted molar refractivity (Wildman–Crippen MR) is 58.0 cm³/mol. The Hall–Kier alpha value is 0.160. The number of hydrogen-bond acceptors (Lipinski definition) is 3.